The van der Waals surface area contributed by atoms with E-state index in [-0.39, 0.29) is 24.4 Å². The number of carboxylic acid groups (broad SMARTS) is 1. The number of fused-ring (bicyclic) bond motifs is 2. The first-order valence-corrected chi connectivity index (χ1v) is 10.7. The fourth-order valence-electron chi connectivity index (χ4n) is 3.18. The van der Waals surface area contributed by atoms with Crippen LogP contribution in [0.25, 0.3) is 10.2 Å². The number of ether oxygens (including phenoxy) is 1. The summed E-state index contributed by atoms with van der Waals surface area (Å²) in [6.45, 7) is 2.53. The third-order valence-corrected chi connectivity index (χ3v) is 6.65. The number of benzene rings is 2. The summed E-state index contributed by atoms with van der Waals surface area (Å²) >= 11 is 2.54. The van der Waals surface area contributed by atoms with Crippen molar-refractivity contribution in [2.24, 2.45) is 0 Å². The Morgan fingerprint density at radius 2 is 2.17 bits per heavy atom. The van der Waals surface area contributed by atoms with Gasteiger partial charge in [0.15, 0.2) is 0 Å². The van der Waals surface area contributed by atoms with E-state index in [0.29, 0.717) is 27.8 Å². The molecule has 29 heavy (non-hydrogen) atoms. The Labute approximate surface area is 174 Å². The Hall–Kier alpha value is -2.65. The number of carbonyl (C=O) groups is 2. The van der Waals surface area contributed by atoms with Crippen molar-refractivity contribution in [1.82, 2.24) is 4.98 Å². The number of aliphatic carboxylic acids is 1. The summed E-state index contributed by atoms with van der Waals surface area (Å²) in [4.78, 5) is 30.9. The second-order valence-electron chi connectivity index (χ2n) is 6.39. The van der Waals surface area contributed by atoms with Crippen LogP contribution >= 0.6 is 23.1 Å². The van der Waals surface area contributed by atoms with Gasteiger partial charge in [0.05, 0.1) is 35.2 Å². The highest BCUT2D eigenvalue weighted by Gasteiger charge is 2.35. The van der Waals surface area contributed by atoms with Gasteiger partial charge in [-0.25, -0.2) is 9.37 Å². The minimum absolute atomic E-state index is 0.148. The molecular weight excluding hydrogens is 415 g/mol. The number of hydrogen-bond donors (Lipinski definition) is 1. The Balaban J connectivity index is 1.72. The van der Waals surface area contributed by atoms with Gasteiger partial charge >= 0.3 is 5.97 Å². The van der Waals surface area contributed by atoms with Crippen LogP contribution in [0.5, 0.6) is 5.75 Å². The van der Waals surface area contributed by atoms with E-state index in [1.165, 1.54) is 34.1 Å². The molecule has 0 spiro atoms. The van der Waals surface area contributed by atoms with Crippen molar-refractivity contribution in [2.45, 2.75) is 30.0 Å². The number of rotatable bonds is 6. The van der Waals surface area contributed by atoms with Crippen LogP contribution in [0.4, 0.5) is 10.1 Å². The van der Waals surface area contributed by atoms with Crippen LogP contribution in [0.1, 0.15) is 18.4 Å². The van der Waals surface area contributed by atoms with Crippen molar-refractivity contribution in [3.8, 4) is 5.75 Å². The molecule has 0 bridgehead atoms. The molecule has 0 saturated heterocycles. The Bertz CT molecular complexity index is 1100. The topological polar surface area (TPSA) is 79.7 Å². The fraction of sp³-hybridized carbons (Fsp3) is 0.250. The Kier molecular flexibility index (Phi) is 5.42. The molecule has 150 valence electrons. The monoisotopic (exact) mass is 432 g/mol. The van der Waals surface area contributed by atoms with Gasteiger partial charge in [0, 0.05) is 4.90 Å². The van der Waals surface area contributed by atoms with E-state index in [1.807, 2.05) is 13.0 Å². The summed E-state index contributed by atoms with van der Waals surface area (Å²) in [5.41, 5.74) is 0.949. The second-order valence-corrected chi connectivity index (χ2v) is 8.75. The SMILES string of the molecule is CCOc1ccc2c(c1)SC(CC(=O)O)C(=O)N2Cc1nc2c(F)cccc2s1. The van der Waals surface area contributed by atoms with Crippen molar-refractivity contribution in [3.05, 3.63) is 47.2 Å². The van der Waals surface area contributed by atoms with Crippen LogP contribution in [0.3, 0.4) is 0 Å². The summed E-state index contributed by atoms with van der Waals surface area (Å²) in [6.07, 6.45) is -0.285. The number of anilines is 1. The van der Waals surface area contributed by atoms with Gasteiger partial charge in [-0.1, -0.05) is 6.07 Å². The first-order chi connectivity index (χ1) is 14.0. The van der Waals surface area contributed by atoms with Crippen LogP contribution in [-0.4, -0.2) is 33.8 Å². The summed E-state index contributed by atoms with van der Waals surface area (Å²) in [6, 6.07) is 10.1. The molecule has 0 fully saturated rings. The Morgan fingerprint density at radius 1 is 1.34 bits per heavy atom. The average molecular weight is 432 g/mol. The van der Waals surface area contributed by atoms with E-state index < -0.39 is 17.0 Å². The third kappa shape index (κ3) is 3.92. The molecule has 2 heterocycles. The first kappa shape index (κ1) is 19.7. The van der Waals surface area contributed by atoms with Crippen molar-refractivity contribution in [1.29, 1.82) is 0 Å². The number of aromatic nitrogens is 1. The summed E-state index contributed by atoms with van der Waals surface area (Å²) in [5, 5.41) is 9.05. The van der Waals surface area contributed by atoms with E-state index in [4.69, 9.17) is 4.74 Å². The molecule has 1 N–H and O–H groups in total. The number of thioether (sulfide) groups is 1. The molecule has 1 aliphatic heterocycles. The predicted octanol–water partition coefficient (Wildman–Crippen LogP) is 4.32. The lowest BCUT2D eigenvalue weighted by atomic mass is 10.2. The third-order valence-electron chi connectivity index (χ3n) is 4.41. The lowest BCUT2D eigenvalue weighted by Crippen LogP contribution is -2.41. The highest BCUT2D eigenvalue weighted by Crippen LogP contribution is 2.43. The quantitative estimate of drug-likeness (QED) is 0.625. The maximum atomic E-state index is 14.0. The maximum Gasteiger partial charge on any atom is 0.305 e. The molecule has 9 heteroatoms. The number of nitrogens with zero attached hydrogens (tertiary/aromatic N) is 2. The van der Waals surface area contributed by atoms with E-state index in [9.17, 15) is 19.1 Å². The average Bonchev–Trinajstić information content (AvgIpc) is 3.09. The molecule has 6 nitrogen and oxygen atoms in total. The lowest BCUT2D eigenvalue weighted by molar-refractivity contribution is -0.138. The number of hydrogen-bond acceptors (Lipinski definition) is 6. The number of carboxylic acids is 1. The molecule has 3 aromatic rings. The van der Waals surface area contributed by atoms with Gasteiger partial charge < -0.3 is 14.7 Å². The van der Waals surface area contributed by atoms with Gasteiger partial charge in [-0.2, -0.15) is 0 Å². The van der Waals surface area contributed by atoms with E-state index in [2.05, 4.69) is 4.98 Å². The largest absolute Gasteiger partial charge is 0.494 e. The zero-order valence-corrected chi connectivity index (χ0v) is 17.1. The zero-order valence-electron chi connectivity index (χ0n) is 15.4. The molecule has 0 aliphatic carbocycles. The molecule has 1 aromatic heterocycles. The van der Waals surface area contributed by atoms with Crippen LogP contribution in [0, 0.1) is 5.82 Å². The molecule has 4 rings (SSSR count). The molecule has 0 radical (unpaired) electrons. The van der Waals surface area contributed by atoms with Crippen LogP contribution in [0.15, 0.2) is 41.3 Å². The van der Waals surface area contributed by atoms with Gasteiger partial charge in [0.1, 0.15) is 22.1 Å². The second kappa shape index (κ2) is 8.00. The fourth-order valence-corrected chi connectivity index (χ4v) is 5.39. The predicted molar refractivity (Wildman–Crippen MR) is 110 cm³/mol. The number of halogens is 1. The smallest absolute Gasteiger partial charge is 0.305 e. The van der Waals surface area contributed by atoms with Gasteiger partial charge in [0.25, 0.3) is 0 Å². The van der Waals surface area contributed by atoms with E-state index in [1.54, 1.807) is 24.3 Å². The summed E-state index contributed by atoms with van der Waals surface area (Å²) in [7, 11) is 0. The molecule has 0 saturated carbocycles. The minimum atomic E-state index is -1.04. The van der Waals surface area contributed by atoms with Crippen LogP contribution in [-0.2, 0) is 16.1 Å². The number of para-hydroxylation sites is 1. The number of thiazole rings is 1. The van der Waals surface area contributed by atoms with Crippen molar-refractivity contribution < 1.29 is 23.8 Å². The highest BCUT2D eigenvalue weighted by molar-refractivity contribution is 8.01. The molecule has 1 aliphatic rings. The van der Waals surface area contributed by atoms with Gasteiger partial charge in [-0.3, -0.25) is 9.59 Å². The normalized spacial score (nSPS) is 16.1. The van der Waals surface area contributed by atoms with Crippen molar-refractivity contribution in [2.75, 3.05) is 11.5 Å². The van der Waals surface area contributed by atoms with E-state index >= 15 is 0 Å². The Morgan fingerprint density at radius 3 is 2.90 bits per heavy atom. The van der Waals surface area contributed by atoms with Crippen LogP contribution < -0.4 is 9.64 Å². The maximum absolute atomic E-state index is 14.0. The zero-order chi connectivity index (χ0) is 20.5. The van der Waals surface area contributed by atoms with Crippen molar-refractivity contribution >= 4 is 50.9 Å². The summed E-state index contributed by atoms with van der Waals surface area (Å²) in [5.74, 6) is -1.09. The van der Waals surface area contributed by atoms with Crippen molar-refractivity contribution in [3.63, 3.8) is 0 Å². The van der Waals surface area contributed by atoms with E-state index in [0.717, 1.165) is 4.90 Å². The molecular formula is C20H17FN2O4S2. The van der Waals surface area contributed by atoms with Crippen LogP contribution in [0.2, 0.25) is 0 Å². The molecule has 1 unspecified atom stereocenters. The lowest BCUT2D eigenvalue weighted by Gasteiger charge is -2.33. The van der Waals surface area contributed by atoms with Gasteiger partial charge in [-0.15, -0.1) is 23.1 Å². The first-order valence-electron chi connectivity index (χ1n) is 8.97. The van der Waals surface area contributed by atoms with Gasteiger partial charge in [-0.05, 0) is 37.3 Å². The van der Waals surface area contributed by atoms with Gasteiger partial charge in [0.2, 0.25) is 5.91 Å². The summed E-state index contributed by atoms with van der Waals surface area (Å²) < 4.78 is 20.2. The standard InChI is InChI=1S/C20H17FN2O4S2/c1-2-27-11-6-7-13-15(8-11)28-16(9-18(24)25)20(26)23(13)10-17-22-19-12(21)4-3-5-14(19)29-17/h3-8,16H,2,9-10H2,1H3,(H,24,25). The molecule has 1 amide bonds. The highest BCUT2D eigenvalue weighted by atomic mass is 32.2. The number of amides is 1. The molecule has 1 atom stereocenters. The molecule has 2 aromatic carbocycles. The minimum Gasteiger partial charge on any atom is -0.494 e. The number of carbonyl (C=O) groups excluding carboxylic acids is 1.